The Bertz CT molecular complexity index is 981. The van der Waals surface area contributed by atoms with Gasteiger partial charge in [-0.3, -0.25) is 9.69 Å². The minimum atomic E-state index is -0.748. The van der Waals surface area contributed by atoms with Crippen molar-refractivity contribution < 1.29 is 23.9 Å². The summed E-state index contributed by atoms with van der Waals surface area (Å²) in [5, 5.41) is 1.80. The number of carbonyl (C=O) groups is 3. The highest BCUT2D eigenvalue weighted by Crippen LogP contribution is 2.27. The Morgan fingerprint density at radius 1 is 1.07 bits per heavy atom. The molecule has 0 spiro atoms. The van der Waals surface area contributed by atoms with E-state index in [2.05, 4.69) is 0 Å². The van der Waals surface area contributed by atoms with Crippen LogP contribution >= 0.6 is 0 Å². The van der Waals surface area contributed by atoms with Crippen LogP contribution in [-0.2, 0) is 14.3 Å². The lowest BCUT2D eigenvalue weighted by atomic mass is 9.93. The lowest BCUT2D eigenvalue weighted by molar-refractivity contribution is -0.148. The van der Waals surface area contributed by atoms with Crippen molar-refractivity contribution in [3.05, 3.63) is 42.0 Å². The summed E-state index contributed by atoms with van der Waals surface area (Å²) in [5.41, 5.74) is 0.435. The van der Waals surface area contributed by atoms with Crippen molar-refractivity contribution in [1.82, 2.24) is 4.90 Å². The van der Waals surface area contributed by atoms with E-state index in [-0.39, 0.29) is 18.4 Å². The van der Waals surface area contributed by atoms with Gasteiger partial charge in [0.1, 0.15) is 19.5 Å². The molecule has 2 aromatic carbocycles. The molecule has 2 radical (unpaired) electrons. The normalized spacial score (nSPS) is 19.0. The number of hydrogen-bond acceptors (Lipinski definition) is 5. The summed E-state index contributed by atoms with van der Waals surface area (Å²) < 4.78 is 10.7. The molecule has 1 aliphatic rings. The topological polar surface area (TPSA) is 72.9 Å². The van der Waals surface area contributed by atoms with Gasteiger partial charge in [0.25, 0.3) is 0 Å². The molecule has 1 fully saturated rings. The number of Topliss-reactive ketones (excluding diaryl/α,β-unsaturated/α-hetero) is 1. The van der Waals surface area contributed by atoms with Crippen LogP contribution in [0.25, 0.3) is 10.8 Å². The van der Waals surface area contributed by atoms with Crippen LogP contribution in [0.2, 0.25) is 0 Å². The number of amides is 1. The van der Waals surface area contributed by atoms with Gasteiger partial charge in [0, 0.05) is 11.6 Å². The minimum absolute atomic E-state index is 0.138. The highest BCUT2D eigenvalue weighted by Gasteiger charge is 2.42. The number of benzene rings is 2. The Morgan fingerprint density at radius 2 is 1.73 bits per heavy atom. The molecule has 0 aromatic heterocycles. The van der Waals surface area contributed by atoms with Gasteiger partial charge in [-0.25, -0.2) is 9.59 Å². The first-order chi connectivity index (χ1) is 14.0. The van der Waals surface area contributed by atoms with E-state index in [1.807, 2.05) is 25.1 Å². The average Bonchev–Trinajstić information content (AvgIpc) is 3.05. The molecule has 156 valence electrons. The maximum Gasteiger partial charge on any atom is 0.411 e. The predicted molar refractivity (Wildman–Crippen MR) is 115 cm³/mol. The van der Waals surface area contributed by atoms with Gasteiger partial charge >= 0.3 is 12.1 Å². The molecule has 0 N–H and O–H groups in total. The number of fused-ring (bicyclic) bond motifs is 1. The monoisotopic (exact) mass is 407 g/mol. The Morgan fingerprint density at radius 3 is 2.43 bits per heavy atom. The van der Waals surface area contributed by atoms with Gasteiger partial charge < -0.3 is 9.47 Å². The van der Waals surface area contributed by atoms with Gasteiger partial charge in [-0.05, 0) is 57.4 Å². The van der Waals surface area contributed by atoms with E-state index in [0.717, 1.165) is 10.8 Å². The van der Waals surface area contributed by atoms with Crippen LogP contribution in [-0.4, -0.2) is 54.9 Å². The molecule has 1 heterocycles. The van der Waals surface area contributed by atoms with Crippen LogP contribution in [0, 0.1) is 0 Å². The van der Waals surface area contributed by atoms with Gasteiger partial charge in [-0.1, -0.05) is 35.8 Å². The number of rotatable bonds is 4. The number of esters is 1. The Labute approximate surface area is 177 Å². The molecule has 1 saturated heterocycles. The van der Waals surface area contributed by atoms with Crippen molar-refractivity contribution in [2.75, 3.05) is 6.61 Å². The molecule has 7 heteroatoms. The fourth-order valence-electron chi connectivity index (χ4n) is 3.59. The first-order valence-corrected chi connectivity index (χ1v) is 10.1. The predicted octanol–water partition coefficient (Wildman–Crippen LogP) is 3.15. The smallest absolute Gasteiger partial charge is 0.411 e. The van der Waals surface area contributed by atoms with Crippen molar-refractivity contribution in [2.24, 2.45) is 0 Å². The molecule has 30 heavy (non-hydrogen) atoms. The summed E-state index contributed by atoms with van der Waals surface area (Å²) >= 11 is 0. The molecular weight excluding hydrogens is 381 g/mol. The lowest BCUT2D eigenvalue weighted by Crippen LogP contribution is -2.47. The van der Waals surface area contributed by atoms with Crippen LogP contribution < -0.4 is 5.46 Å². The Balaban J connectivity index is 1.64. The summed E-state index contributed by atoms with van der Waals surface area (Å²) in [7, 11) is 5.78. The second-order valence-electron chi connectivity index (χ2n) is 8.68. The van der Waals surface area contributed by atoms with E-state index >= 15 is 0 Å². The van der Waals surface area contributed by atoms with Crippen molar-refractivity contribution in [3.8, 4) is 0 Å². The number of ether oxygens (including phenoxy) is 2. The third-order valence-corrected chi connectivity index (χ3v) is 5.08. The molecule has 1 amide bonds. The van der Waals surface area contributed by atoms with E-state index in [9.17, 15) is 14.4 Å². The molecule has 0 aliphatic carbocycles. The molecule has 2 aromatic rings. The van der Waals surface area contributed by atoms with Gasteiger partial charge in [-0.2, -0.15) is 0 Å². The number of hydrogen-bond donors (Lipinski definition) is 0. The van der Waals surface area contributed by atoms with Gasteiger partial charge in [0.15, 0.2) is 12.4 Å². The zero-order valence-corrected chi connectivity index (χ0v) is 17.8. The molecule has 3 rings (SSSR count). The Kier molecular flexibility index (Phi) is 6.20. The number of carbonyl (C=O) groups excluding carboxylic acids is 3. The van der Waals surface area contributed by atoms with Crippen LogP contribution in [0.1, 0.15) is 50.9 Å². The highest BCUT2D eigenvalue weighted by molar-refractivity contribution is 6.33. The van der Waals surface area contributed by atoms with Crippen LogP contribution in [0.5, 0.6) is 0 Å². The van der Waals surface area contributed by atoms with Crippen molar-refractivity contribution >= 4 is 41.9 Å². The van der Waals surface area contributed by atoms with Crippen LogP contribution in [0.15, 0.2) is 36.4 Å². The number of nitrogens with zero attached hydrogens (tertiary/aromatic N) is 1. The zero-order valence-electron chi connectivity index (χ0n) is 17.8. The lowest BCUT2D eigenvalue weighted by Gasteiger charge is -2.30. The van der Waals surface area contributed by atoms with Crippen molar-refractivity contribution in [2.45, 2.75) is 58.2 Å². The molecule has 6 nitrogen and oxygen atoms in total. The quantitative estimate of drug-likeness (QED) is 0.442. The number of likely N-dealkylation sites (tertiary alicyclic amines) is 1. The van der Waals surface area contributed by atoms with E-state index in [1.54, 1.807) is 39.0 Å². The van der Waals surface area contributed by atoms with Crippen LogP contribution in [0.3, 0.4) is 0 Å². The standard InChI is InChI=1S/C23H26BNO5/c1-14-5-10-19(25(14)22(28)30-23(2,3)4)21(27)29-13-20(26)17-7-6-16-12-18(24)9-8-15(16)11-17/h6-9,11-12,14,19H,5,10,13H2,1-4H3/t14-,19-/m0/s1. The first kappa shape index (κ1) is 21.9. The summed E-state index contributed by atoms with van der Waals surface area (Å²) in [4.78, 5) is 39.1. The third kappa shape index (κ3) is 5.01. The maximum absolute atomic E-state index is 12.6. The van der Waals surface area contributed by atoms with E-state index < -0.39 is 23.7 Å². The van der Waals surface area contributed by atoms with Gasteiger partial charge in [-0.15, -0.1) is 0 Å². The fraction of sp³-hybridized carbons (Fsp3) is 0.435. The summed E-state index contributed by atoms with van der Waals surface area (Å²) in [6.45, 7) is 6.80. The molecular formula is C23H26BNO5. The van der Waals surface area contributed by atoms with E-state index in [0.29, 0.717) is 23.9 Å². The number of ketones is 1. The first-order valence-electron chi connectivity index (χ1n) is 10.1. The average molecular weight is 407 g/mol. The molecule has 0 bridgehead atoms. The summed E-state index contributed by atoms with van der Waals surface area (Å²) in [6.07, 6.45) is 0.598. The van der Waals surface area contributed by atoms with E-state index in [1.165, 1.54) is 4.90 Å². The molecule has 2 atom stereocenters. The molecule has 0 unspecified atom stereocenters. The highest BCUT2D eigenvalue weighted by atomic mass is 16.6. The SMILES string of the molecule is [B]c1ccc2cc(C(=O)COC(=O)[C@@H]3CC[C@H](C)N3C(=O)OC(C)(C)C)ccc2c1. The largest absolute Gasteiger partial charge is 0.456 e. The van der Waals surface area contributed by atoms with Crippen molar-refractivity contribution in [3.63, 3.8) is 0 Å². The maximum atomic E-state index is 12.6. The van der Waals surface area contributed by atoms with Crippen LogP contribution in [0.4, 0.5) is 4.79 Å². The van der Waals surface area contributed by atoms with Gasteiger partial charge in [0.2, 0.25) is 0 Å². The summed E-state index contributed by atoms with van der Waals surface area (Å²) in [5.74, 6) is -0.899. The molecule has 1 aliphatic heterocycles. The van der Waals surface area contributed by atoms with Gasteiger partial charge in [0.05, 0.1) is 0 Å². The van der Waals surface area contributed by atoms with E-state index in [4.69, 9.17) is 17.3 Å². The zero-order chi connectivity index (χ0) is 22.1. The van der Waals surface area contributed by atoms with Crippen molar-refractivity contribution in [1.29, 1.82) is 0 Å². The second-order valence-corrected chi connectivity index (χ2v) is 8.68. The second kappa shape index (κ2) is 8.50. The minimum Gasteiger partial charge on any atom is -0.456 e. The summed E-state index contributed by atoms with van der Waals surface area (Å²) in [6, 6.07) is 9.79. The Hall–Kier alpha value is -2.83. The molecule has 0 saturated carbocycles. The third-order valence-electron chi connectivity index (χ3n) is 5.08. The fourth-order valence-corrected chi connectivity index (χ4v) is 3.59.